The summed E-state index contributed by atoms with van der Waals surface area (Å²) < 4.78 is 16.4. The van der Waals surface area contributed by atoms with Gasteiger partial charge in [-0.15, -0.1) is 0 Å². The van der Waals surface area contributed by atoms with Crippen LogP contribution in [0, 0.1) is 11.8 Å². The minimum atomic E-state index is -0.868. The van der Waals surface area contributed by atoms with Gasteiger partial charge in [-0.25, -0.2) is 0 Å². The van der Waals surface area contributed by atoms with Gasteiger partial charge in [-0.1, -0.05) is 17.5 Å². The predicted octanol–water partition coefficient (Wildman–Crippen LogP) is 3.51. The molecule has 0 radical (unpaired) electrons. The Morgan fingerprint density at radius 3 is 2.21 bits per heavy atom. The standard InChI is InChI=1S/C15H19ClO3/c1-4-18-15(3,19-5-2)11-6-12-17-14-9-7-13(16)8-10-14/h7-10H,4-5,12H2,1-3H3. The van der Waals surface area contributed by atoms with Crippen molar-refractivity contribution < 1.29 is 14.2 Å². The van der Waals surface area contributed by atoms with Gasteiger partial charge < -0.3 is 14.2 Å². The molecular formula is C15H19ClO3. The monoisotopic (exact) mass is 282 g/mol. The number of rotatable bonds is 6. The van der Waals surface area contributed by atoms with Crippen LogP contribution in [0.3, 0.4) is 0 Å². The molecule has 0 aliphatic carbocycles. The van der Waals surface area contributed by atoms with Crippen LogP contribution >= 0.6 is 11.6 Å². The molecule has 0 aliphatic heterocycles. The molecule has 3 nitrogen and oxygen atoms in total. The van der Waals surface area contributed by atoms with Crippen molar-refractivity contribution in [3.05, 3.63) is 29.3 Å². The molecule has 0 saturated carbocycles. The van der Waals surface area contributed by atoms with Crippen molar-refractivity contribution in [3.63, 3.8) is 0 Å². The van der Waals surface area contributed by atoms with Crippen LogP contribution < -0.4 is 4.74 Å². The summed E-state index contributed by atoms with van der Waals surface area (Å²) in [7, 11) is 0. The zero-order valence-corrected chi connectivity index (χ0v) is 12.3. The van der Waals surface area contributed by atoms with E-state index in [2.05, 4.69) is 11.8 Å². The lowest BCUT2D eigenvalue weighted by Gasteiger charge is -2.22. The summed E-state index contributed by atoms with van der Waals surface area (Å²) in [6.45, 7) is 6.98. The van der Waals surface area contributed by atoms with Crippen LogP contribution in [0.2, 0.25) is 5.02 Å². The zero-order chi connectivity index (χ0) is 14.1. The number of hydrogen-bond donors (Lipinski definition) is 0. The highest BCUT2D eigenvalue weighted by molar-refractivity contribution is 6.30. The molecule has 0 heterocycles. The molecule has 0 atom stereocenters. The Kier molecular flexibility index (Phi) is 6.72. The molecule has 0 N–H and O–H groups in total. The van der Waals surface area contributed by atoms with E-state index in [4.69, 9.17) is 25.8 Å². The summed E-state index contributed by atoms with van der Waals surface area (Å²) in [6.07, 6.45) is 0. The number of hydrogen-bond acceptors (Lipinski definition) is 3. The first-order valence-electron chi connectivity index (χ1n) is 6.26. The van der Waals surface area contributed by atoms with Gasteiger partial charge in [0.15, 0.2) is 0 Å². The maximum atomic E-state index is 5.79. The Morgan fingerprint density at radius 1 is 1.11 bits per heavy atom. The topological polar surface area (TPSA) is 27.7 Å². The molecule has 1 aromatic rings. The molecule has 0 unspecified atom stereocenters. The average molecular weight is 283 g/mol. The van der Waals surface area contributed by atoms with Gasteiger partial charge in [0.1, 0.15) is 12.4 Å². The number of ether oxygens (including phenoxy) is 3. The van der Waals surface area contributed by atoms with Crippen molar-refractivity contribution in [1.82, 2.24) is 0 Å². The van der Waals surface area contributed by atoms with Crippen LogP contribution in [-0.2, 0) is 9.47 Å². The van der Waals surface area contributed by atoms with E-state index >= 15 is 0 Å². The van der Waals surface area contributed by atoms with E-state index in [1.54, 1.807) is 31.2 Å². The molecule has 0 aromatic heterocycles. The predicted molar refractivity (Wildman–Crippen MR) is 76.4 cm³/mol. The van der Waals surface area contributed by atoms with Crippen LogP contribution in [0.15, 0.2) is 24.3 Å². The maximum Gasteiger partial charge on any atom is 0.230 e. The van der Waals surface area contributed by atoms with Gasteiger partial charge in [0.25, 0.3) is 0 Å². The first-order chi connectivity index (χ1) is 9.09. The third-order valence-corrected chi connectivity index (χ3v) is 2.53. The van der Waals surface area contributed by atoms with E-state index in [9.17, 15) is 0 Å². The lowest BCUT2D eigenvalue weighted by molar-refractivity contribution is -0.179. The highest BCUT2D eigenvalue weighted by Crippen LogP contribution is 2.15. The molecule has 4 heteroatoms. The lowest BCUT2D eigenvalue weighted by Crippen LogP contribution is -2.30. The number of benzene rings is 1. The van der Waals surface area contributed by atoms with E-state index in [0.717, 1.165) is 5.75 Å². The fourth-order valence-corrected chi connectivity index (χ4v) is 1.64. The average Bonchev–Trinajstić information content (AvgIpc) is 2.37. The fraction of sp³-hybridized carbons (Fsp3) is 0.467. The summed E-state index contributed by atoms with van der Waals surface area (Å²) in [5.74, 6) is 5.70. The smallest absolute Gasteiger partial charge is 0.230 e. The van der Waals surface area contributed by atoms with E-state index in [1.807, 2.05) is 13.8 Å². The van der Waals surface area contributed by atoms with Crippen molar-refractivity contribution >= 4 is 11.6 Å². The molecule has 0 spiro atoms. The second-order valence-corrected chi connectivity index (χ2v) is 4.29. The third-order valence-electron chi connectivity index (χ3n) is 2.28. The highest BCUT2D eigenvalue weighted by atomic mass is 35.5. The van der Waals surface area contributed by atoms with Crippen LogP contribution in [0.25, 0.3) is 0 Å². The van der Waals surface area contributed by atoms with Gasteiger partial charge in [0, 0.05) is 25.2 Å². The first kappa shape index (κ1) is 15.8. The first-order valence-corrected chi connectivity index (χ1v) is 6.63. The summed E-state index contributed by atoms with van der Waals surface area (Å²) in [6, 6.07) is 7.15. The van der Waals surface area contributed by atoms with Crippen molar-refractivity contribution in [2.45, 2.75) is 26.6 Å². The van der Waals surface area contributed by atoms with Crippen molar-refractivity contribution in [2.24, 2.45) is 0 Å². The van der Waals surface area contributed by atoms with E-state index in [-0.39, 0.29) is 6.61 Å². The third kappa shape index (κ3) is 5.98. The Bertz CT molecular complexity index is 425. The lowest BCUT2D eigenvalue weighted by atomic mass is 10.3. The summed E-state index contributed by atoms with van der Waals surface area (Å²) in [5.41, 5.74) is 0. The van der Waals surface area contributed by atoms with Crippen molar-refractivity contribution in [1.29, 1.82) is 0 Å². The summed E-state index contributed by atoms with van der Waals surface area (Å²) in [5, 5.41) is 0.679. The minimum absolute atomic E-state index is 0.275. The van der Waals surface area contributed by atoms with Gasteiger partial charge in [-0.05, 0) is 44.0 Å². The molecule has 104 valence electrons. The summed E-state index contributed by atoms with van der Waals surface area (Å²) >= 11 is 5.79. The van der Waals surface area contributed by atoms with Gasteiger partial charge in [0.2, 0.25) is 5.79 Å². The Labute approximate surface area is 119 Å². The van der Waals surface area contributed by atoms with Crippen molar-refractivity contribution in [3.8, 4) is 17.6 Å². The Balaban J connectivity index is 2.50. The Hall–Kier alpha value is -1.21. The largest absolute Gasteiger partial charge is 0.481 e. The second-order valence-electron chi connectivity index (χ2n) is 3.86. The van der Waals surface area contributed by atoms with Crippen LogP contribution in [0.4, 0.5) is 0 Å². The van der Waals surface area contributed by atoms with Gasteiger partial charge in [-0.3, -0.25) is 0 Å². The van der Waals surface area contributed by atoms with Crippen LogP contribution in [0.5, 0.6) is 5.75 Å². The second kappa shape index (κ2) is 8.06. The normalized spacial score (nSPS) is 10.7. The fourth-order valence-electron chi connectivity index (χ4n) is 1.51. The molecule has 0 aliphatic rings. The molecular weight excluding hydrogens is 264 g/mol. The van der Waals surface area contributed by atoms with Crippen LogP contribution in [0.1, 0.15) is 20.8 Å². The van der Waals surface area contributed by atoms with E-state index in [1.165, 1.54) is 0 Å². The Morgan fingerprint density at radius 2 is 1.68 bits per heavy atom. The van der Waals surface area contributed by atoms with E-state index in [0.29, 0.717) is 18.2 Å². The molecule has 0 amide bonds. The molecule has 19 heavy (non-hydrogen) atoms. The quantitative estimate of drug-likeness (QED) is 0.590. The summed E-state index contributed by atoms with van der Waals surface area (Å²) in [4.78, 5) is 0. The van der Waals surface area contributed by atoms with Gasteiger partial charge in [-0.2, -0.15) is 0 Å². The van der Waals surface area contributed by atoms with E-state index < -0.39 is 5.79 Å². The maximum absolute atomic E-state index is 5.79. The van der Waals surface area contributed by atoms with Crippen LogP contribution in [-0.4, -0.2) is 25.6 Å². The number of halogens is 1. The molecule has 1 rings (SSSR count). The minimum Gasteiger partial charge on any atom is -0.481 e. The SMILES string of the molecule is CCOC(C)(C#CCOc1ccc(Cl)cc1)OCC. The zero-order valence-electron chi connectivity index (χ0n) is 11.5. The molecule has 0 saturated heterocycles. The van der Waals surface area contributed by atoms with Gasteiger partial charge in [0.05, 0.1) is 0 Å². The van der Waals surface area contributed by atoms with Crippen molar-refractivity contribution in [2.75, 3.05) is 19.8 Å². The van der Waals surface area contributed by atoms with Gasteiger partial charge >= 0.3 is 0 Å². The highest BCUT2D eigenvalue weighted by Gasteiger charge is 2.21. The molecule has 0 bridgehead atoms. The molecule has 1 aromatic carbocycles. The molecule has 0 fully saturated rings.